The molecular formula is C18H24N4O2. The molecule has 6 heteroatoms. The highest BCUT2D eigenvalue weighted by atomic mass is 16.5. The Morgan fingerprint density at radius 3 is 2.58 bits per heavy atom. The molecule has 1 aromatic heterocycles. The number of imidazole rings is 1. The van der Waals surface area contributed by atoms with Crippen molar-refractivity contribution in [3.8, 4) is 5.75 Å². The number of carbonyl (C=O) groups is 1. The van der Waals surface area contributed by atoms with Crippen LogP contribution in [0.2, 0.25) is 0 Å². The van der Waals surface area contributed by atoms with E-state index in [1.165, 1.54) is 0 Å². The number of carbonyl (C=O) groups excluding carboxylic acids is 1. The minimum absolute atomic E-state index is 0.0631. The van der Waals surface area contributed by atoms with Crippen LogP contribution < -0.4 is 4.74 Å². The maximum absolute atomic E-state index is 12.5. The minimum atomic E-state index is -0.454. The SMILES string of the molecule is CC(Oc1ccccc1)C(=O)N1CCN(CCn2ccnc2)CC1. The van der Waals surface area contributed by atoms with Gasteiger partial charge in [-0.25, -0.2) is 4.98 Å². The molecule has 24 heavy (non-hydrogen) atoms. The highest BCUT2D eigenvalue weighted by Gasteiger charge is 2.25. The Kier molecular flexibility index (Phi) is 5.48. The van der Waals surface area contributed by atoms with Gasteiger partial charge in [-0.05, 0) is 19.1 Å². The van der Waals surface area contributed by atoms with E-state index in [0.717, 1.165) is 45.0 Å². The Morgan fingerprint density at radius 2 is 1.92 bits per heavy atom. The number of hydrogen-bond acceptors (Lipinski definition) is 4. The van der Waals surface area contributed by atoms with Gasteiger partial charge in [0.2, 0.25) is 0 Å². The first-order valence-corrected chi connectivity index (χ1v) is 8.41. The molecule has 128 valence electrons. The third kappa shape index (κ3) is 4.35. The first-order valence-electron chi connectivity index (χ1n) is 8.41. The van der Waals surface area contributed by atoms with Crippen LogP contribution in [0.4, 0.5) is 0 Å². The molecule has 0 radical (unpaired) electrons. The molecule has 2 heterocycles. The highest BCUT2D eigenvalue weighted by molar-refractivity contribution is 5.81. The fourth-order valence-corrected chi connectivity index (χ4v) is 2.88. The molecule has 3 rings (SSSR count). The highest BCUT2D eigenvalue weighted by Crippen LogP contribution is 2.13. The Balaban J connectivity index is 1.42. The van der Waals surface area contributed by atoms with Crippen LogP contribution in [0.25, 0.3) is 0 Å². The molecule has 1 unspecified atom stereocenters. The predicted molar refractivity (Wildman–Crippen MR) is 91.8 cm³/mol. The average Bonchev–Trinajstić information content (AvgIpc) is 3.14. The number of piperazine rings is 1. The van der Waals surface area contributed by atoms with E-state index in [2.05, 4.69) is 14.5 Å². The number of benzene rings is 1. The molecule has 0 spiro atoms. The zero-order valence-electron chi connectivity index (χ0n) is 14.0. The van der Waals surface area contributed by atoms with E-state index < -0.39 is 6.10 Å². The molecule has 1 amide bonds. The lowest BCUT2D eigenvalue weighted by Crippen LogP contribution is -2.52. The summed E-state index contributed by atoms with van der Waals surface area (Å²) in [5.41, 5.74) is 0. The van der Waals surface area contributed by atoms with Crippen LogP contribution in [0, 0.1) is 0 Å². The summed E-state index contributed by atoms with van der Waals surface area (Å²) in [5.74, 6) is 0.797. The molecule has 0 saturated carbocycles. The van der Waals surface area contributed by atoms with E-state index in [4.69, 9.17) is 4.74 Å². The van der Waals surface area contributed by atoms with Crippen LogP contribution in [0.5, 0.6) is 5.75 Å². The topological polar surface area (TPSA) is 50.6 Å². The van der Waals surface area contributed by atoms with Crippen molar-refractivity contribution in [2.45, 2.75) is 19.6 Å². The molecule has 1 atom stereocenters. The summed E-state index contributed by atoms with van der Waals surface area (Å²) in [5, 5.41) is 0. The largest absolute Gasteiger partial charge is 0.481 e. The van der Waals surface area contributed by atoms with E-state index in [1.807, 2.05) is 54.7 Å². The van der Waals surface area contributed by atoms with Crippen LogP contribution in [0.1, 0.15) is 6.92 Å². The van der Waals surface area contributed by atoms with Gasteiger partial charge in [0.05, 0.1) is 6.33 Å². The summed E-state index contributed by atoms with van der Waals surface area (Å²) < 4.78 is 7.81. The molecule has 0 aliphatic carbocycles. The number of ether oxygens (including phenoxy) is 1. The Morgan fingerprint density at radius 1 is 1.17 bits per heavy atom. The molecule has 0 bridgehead atoms. The number of hydrogen-bond donors (Lipinski definition) is 0. The number of aromatic nitrogens is 2. The van der Waals surface area contributed by atoms with Gasteiger partial charge in [-0.15, -0.1) is 0 Å². The van der Waals surface area contributed by atoms with Crippen molar-refractivity contribution in [1.82, 2.24) is 19.4 Å². The van der Waals surface area contributed by atoms with E-state index in [9.17, 15) is 4.79 Å². The van der Waals surface area contributed by atoms with Crippen molar-refractivity contribution in [2.75, 3.05) is 32.7 Å². The zero-order valence-corrected chi connectivity index (χ0v) is 14.0. The second-order valence-corrected chi connectivity index (χ2v) is 6.04. The second kappa shape index (κ2) is 7.97. The third-order valence-electron chi connectivity index (χ3n) is 4.32. The fourth-order valence-electron chi connectivity index (χ4n) is 2.88. The summed E-state index contributed by atoms with van der Waals surface area (Å²) >= 11 is 0. The molecule has 1 fully saturated rings. The molecule has 1 aliphatic heterocycles. The summed E-state index contributed by atoms with van der Waals surface area (Å²) in [6, 6.07) is 9.50. The maximum Gasteiger partial charge on any atom is 0.263 e. The smallest absolute Gasteiger partial charge is 0.263 e. The van der Waals surface area contributed by atoms with Gasteiger partial charge in [0.15, 0.2) is 6.10 Å². The number of nitrogens with zero attached hydrogens (tertiary/aromatic N) is 4. The van der Waals surface area contributed by atoms with Crippen molar-refractivity contribution in [1.29, 1.82) is 0 Å². The monoisotopic (exact) mass is 328 g/mol. The standard InChI is InChI=1S/C18H24N4O2/c1-16(24-17-5-3-2-4-6-17)18(23)22-13-11-20(12-14-22)9-10-21-8-7-19-15-21/h2-8,15-16H,9-14H2,1H3. The zero-order chi connectivity index (χ0) is 16.8. The van der Waals surface area contributed by atoms with Gasteiger partial charge in [0.25, 0.3) is 5.91 Å². The maximum atomic E-state index is 12.5. The molecule has 2 aromatic rings. The Bertz CT molecular complexity index is 622. The van der Waals surface area contributed by atoms with Gasteiger partial charge in [-0.2, -0.15) is 0 Å². The van der Waals surface area contributed by atoms with Crippen LogP contribution in [-0.2, 0) is 11.3 Å². The van der Waals surface area contributed by atoms with Gasteiger partial charge in [0, 0.05) is 51.7 Å². The van der Waals surface area contributed by atoms with Gasteiger partial charge in [-0.1, -0.05) is 18.2 Å². The van der Waals surface area contributed by atoms with Crippen LogP contribution in [0.15, 0.2) is 49.1 Å². The van der Waals surface area contributed by atoms with E-state index in [0.29, 0.717) is 0 Å². The van der Waals surface area contributed by atoms with Crippen LogP contribution in [0.3, 0.4) is 0 Å². The second-order valence-electron chi connectivity index (χ2n) is 6.04. The predicted octanol–water partition coefficient (Wildman–Crippen LogP) is 1.49. The summed E-state index contributed by atoms with van der Waals surface area (Å²) in [4.78, 5) is 20.9. The van der Waals surface area contributed by atoms with Gasteiger partial charge >= 0.3 is 0 Å². The van der Waals surface area contributed by atoms with Crippen molar-refractivity contribution in [3.63, 3.8) is 0 Å². The Labute approximate surface area is 142 Å². The third-order valence-corrected chi connectivity index (χ3v) is 4.32. The van der Waals surface area contributed by atoms with Crippen molar-refractivity contribution in [2.24, 2.45) is 0 Å². The minimum Gasteiger partial charge on any atom is -0.481 e. The molecule has 0 N–H and O–H groups in total. The van der Waals surface area contributed by atoms with Crippen LogP contribution in [-0.4, -0.2) is 64.1 Å². The first-order chi connectivity index (χ1) is 11.7. The van der Waals surface area contributed by atoms with E-state index in [-0.39, 0.29) is 5.91 Å². The van der Waals surface area contributed by atoms with Gasteiger partial charge in [0.1, 0.15) is 5.75 Å². The van der Waals surface area contributed by atoms with E-state index in [1.54, 1.807) is 6.20 Å². The quantitative estimate of drug-likeness (QED) is 0.806. The molecule has 1 aromatic carbocycles. The summed E-state index contributed by atoms with van der Waals surface area (Å²) in [6.07, 6.45) is 5.15. The van der Waals surface area contributed by atoms with Crippen LogP contribution >= 0.6 is 0 Å². The molecule has 1 aliphatic rings. The lowest BCUT2D eigenvalue weighted by Gasteiger charge is -2.35. The summed E-state index contributed by atoms with van der Waals surface area (Å²) in [7, 11) is 0. The van der Waals surface area contributed by atoms with Gasteiger partial charge < -0.3 is 14.2 Å². The molecular weight excluding hydrogens is 304 g/mol. The van der Waals surface area contributed by atoms with E-state index >= 15 is 0 Å². The number of para-hydroxylation sites is 1. The molecule has 6 nitrogen and oxygen atoms in total. The molecule has 1 saturated heterocycles. The van der Waals surface area contributed by atoms with Crippen molar-refractivity contribution in [3.05, 3.63) is 49.1 Å². The average molecular weight is 328 g/mol. The Hall–Kier alpha value is -2.34. The first kappa shape index (κ1) is 16.5. The fraction of sp³-hybridized carbons (Fsp3) is 0.444. The van der Waals surface area contributed by atoms with Crippen molar-refractivity contribution < 1.29 is 9.53 Å². The lowest BCUT2D eigenvalue weighted by molar-refractivity contribution is -0.139. The van der Waals surface area contributed by atoms with Crippen molar-refractivity contribution >= 4 is 5.91 Å². The number of rotatable bonds is 6. The lowest BCUT2D eigenvalue weighted by atomic mass is 10.2. The summed E-state index contributed by atoms with van der Waals surface area (Å²) in [6.45, 7) is 7.05. The van der Waals surface area contributed by atoms with Gasteiger partial charge in [-0.3, -0.25) is 9.69 Å². The normalized spacial score (nSPS) is 16.8. The number of amides is 1.